The first-order valence-corrected chi connectivity index (χ1v) is 18.6. The van der Waals surface area contributed by atoms with E-state index in [9.17, 15) is 19.3 Å². The van der Waals surface area contributed by atoms with E-state index in [2.05, 4.69) is 15.1 Å². The van der Waals surface area contributed by atoms with E-state index in [0.717, 1.165) is 25.7 Å². The van der Waals surface area contributed by atoms with Gasteiger partial charge in [0.15, 0.2) is 23.5 Å². The Kier molecular flexibility index (Phi) is 11.5. The van der Waals surface area contributed by atoms with Crippen molar-refractivity contribution in [1.82, 2.24) is 19.7 Å². The van der Waals surface area contributed by atoms with Crippen molar-refractivity contribution in [2.45, 2.75) is 121 Å². The van der Waals surface area contributed by atoms with Gasteiger partial charge in [-0.3, -0.25) is 9.46 Å². The molecule has 1 saturated carbocycles. The van der Waals surface area contributed by atoms with Crippen molar-refractivity contribution in [2.24, 2.45) is 0 Å². The summed E-state index contributed by atoms with van der Waals surface area (Å²) in [4.78, 5) is 36.9. The fraction of sp³-hybridized carbons (Fsp3) is 0.774. The number of hydrogen-bond acceptors (Lipinski definition) is 14. The third-order valence-corrected chi connectivity index (χ3v) is 11.2. The van der Waals surface area contributed by atoms with Crippen LogP contribution in [-0.4, -0.2) is 112 Å². The van der Waals surface area contributed by atoms with Gasteiger partial charge in [-0.25, -0.2) is 14.3 Å². The predicted molar refractivity (Wildman–Crippen MR) is 178 cm³/mol. The fourth-order valence-electron chi connectivity index (χ4n) is 6.57. The second kappa shape index (κ2) is 14.9. The van der Waals surface area contributed by atoms with Crippen molar-refractivity contribution >= 4 is 48.1 Å². The Bertz CT molecular complexity index is 1590. The van der Waals surface area contributed by atoms with Crippen molar-refractivity contribution < 1.29 is 56.7 Å². The molecule has 19 heteroatoms. The highest BCUT2D eigenvalue weighted by atomic mass is 35.5. The molecule has 0 spiro atoms. The molecule has 3 fully saturated rings. The molecule has 0 unspecified atom stereocenters. The molecule has 0 aromatic carbocycles. The second-order valence-electron chi connectivity index (χ2n) is 13.7. The molecule has 2 saturated heterocycles. The highest BCUT2D eigenvalue weighted by molar-refractivity contribution is 7.56. The molecule has 4 heterocycles. The summed E-state index contributed by atoms with van der Waals surface area (Å²) in [7, 11) is -3.21. The maximum atomic E-state index is 13.9. The van der Waals surface area contributed by atoms with E-state index in [-0.39, 0.29) is 36.0 Å². The molecule has 17 nitrogen and oxygen atoms in total. The summed E-state index contributed by atoms with van der Waals surface area (Å²) in [6.45, 7) is 10.6. The second-order valence-corrected chi connectivity index (χ2v) is 16.3. The number of aliphatic carboxylic acids is 1. The predicted octanol–water partition coefficient (Wildman–Crippen LogP) is 5.29. The van der Waals surface area contributed by atoms with Crippen LogP contribution in [0.5, 0.6) is 0 Å². The summed E-state index contributed by atoms with van der Waals surface area (Å²) in [6.07, 6.45) is 0.822. The molecule has 2 aromatic heterocycles. The minimum absolute atomic E-state index is 0.109. The molecule has 1 N–H and O–H groups in total. The number of methoxy groups -OCH3 is 1. The van der Waals surface area contributed by atoms with Gasteiger partial charge in [0.2, 0.25) is 5.28 Å². The van der Waals surface area contributed by atoms with Gasteiger partial charge in [-0.2, -0.15) is 15.1 Å². The number of carboxylic acid groups (broad SMARTS) is 1. The van der Waals surface area contributed by atoms with E-state index < -0.39 is 74.1 Å². The summed E-state index contributed by atoms with van der Waals surface area (Å²) in [6, 6.07) is -0.172. The summed E-state index contributed by atoms with van der Waals surface area (Å²) >= 11 is 6.51. The molecule has 1 aliphatic carbocycles. The normalized spacial score (nSPS) is 25.1. The number of anilines is 1. The number of amides is 1. The van der Waals surface area contributed by atoms with Gasteiger partial charge in [-0.05, 0) is 72.9 Å². The zero-order valence-corrected chi connectivity index (χ0v) is 31.3. The molecule has 5 atom stereocenters. The van der Waals surface area contributed by atoms with E-state index in [1.807, 2.05) is 0 Å². The van der Waals surface area contributed by atoms with E-state index in [4.69, 9.17) is 49.1 Å². The Balaban J connectivity index is 1.52. The first-order chi connectivity index (χ1) is 23.5. The van der Waals surface area contributed by atoms with Crippen LogP contribution in [0.2, 0.25) is 5.28 Å². The third-order valence-electron chi connectivity index (χ3n) is 8.48. The minimum atomic E-state index is -4.46. The van der Waals surface area contributed by atoms with Crippen LogP contribution in [-0.2, 0) is 46.8 Å². The van der Waals surface area contributed by atoms with Crippen LogP contribution >= 0.6 is 19.2 Å². The Morgan fingerprint density at radius 2 is 1.76 bits per heavy atom. The monoisotopic (exact) mass is 747 g/mol. The molecule has 50 heavy (non-hydrogen) atoms. The highest BCUT2D eigenvalue weighted by Crippen LogP contribution is 2.61. The standard InChI is InChI=1S/C31H47ClN5O12P/c1-9-44-50(41,45-10-2)31(17-42-8,26(38)39)43-16-20-21-22(48-30(6,7)47-21)25(46-20)37-24-19(15-33-37)23(34-27(32)35-24)36(18-13-11-12-14-18)28(40)49-29(3,4)5/h15,18,20-22,25H,9-14,16-17H2,1-8H3,(H,38,39)/t20-,21-,22-,25-,31-/m1/s1. The number of ether oxygens (including phenoxy) is 6. The largest absolute Gasteiger partial charge is 0.479 e. The van der Waals surface area contributed by atoms with Gasteiger partial charge in [0, 0.05) is 13.2 Å². The van der Waals surface area contributed by atoms with E-state index in [1.165, 1.54) is 22.9 Å². The first kappa shape index (κ1) is 38.8. The van der Waals surface area contributed by atoms with Crippen LogP contribution in [0.25, 0.3) is 11.0 Å². The van der Waals surface area contributed by atoms with Crippen LogP contribution < -0.4 is 4.90 Å². The van der Waals surface area contributed by atoms with Gasteiger partial charge >= 0.3 is 19.7 Å². The molecule has 280 valence electrons. The van der Waals surface area contributed by atoms with Crippen molar-refractivity contribution in [3.8, 4) is 0 Å². The fourth-order valence-corrected chi connectivity index (χ4v) is 8.65. The van der Waals surface area contributed by atoms with Gasteiger partial charge < -0.3 is 42.6 Å². The Hall–Kier alpha value is -2.47. The zero-order valence-electron chi connectivity index (χ0n) is 29.6. The maximum absolute atomic E-state index is 13.9. The SMILES string of the molecule is CCOP(=O)(OCC)[C@@](COC)(OC[C@H]1O[C@@H](n2ncc3c(N(C(=O)OC(C)(C)C)C4CCCC4)nc(Cl)nc32)[C@@H]2OC(C)(C)O[C@@H]21)C(=O)O. The van der Waals surface area contributed by atoms with Crippen LogP contribution in [0, 0.1) is 0 Å². The van der Waals surface area contributed by atoms with Gasteiger partial charge in [-0.15, -0.1) is 0 Å². The highest BCUT2D eigenvalue weighted by Gasteiger charge is 2.62. The van der Waals surface area contributed by atoms with Crippen molar-refractivity contribution in [3.63, 3.8) is 0 Å². The average Bonchev–Trinajstić information content (AvgIpc) is 3.79. The lowest BCUT2D eigenvalue weighted by atomic mass is 10.1. The third kappa shape index (κ3) is 7.53. The molecule has 5 rings (SSSR count). The van der Waals surface area contributed by atoms with Crippen LogP contribution in [0.1, 0.15) is 80.4 Å². The lowest BCUT2D eigenvalue weighted by Crippen LogP contribution is -2.49. The molecule has 2 aromatic rings. The number of halogens is 1. The number of rotatable bonds is 14. The van der Waals surface area contributed by atoms with Crippen molar-refractivity contribution in [2.75, 3.05) is 38.4 Å². The quantitative estimate of drug-likeness (QED) is 0.193. The number of nitrogens with zero attached hydrogens (tertiary/aromatic N) is 5. The first-order valence-electron chi connectivity index (χ1n) is 16.7. The average molecular weight is 748 g/mol. The van der Waals surface area contributed by atoms with Crippen molar-refractivity contribution in [3.05, 3.63) is 11.5 Å². The summed E-state index contributed by atoms with van der Waals surface area (Å²) in [5.74, 6) is -2.43. The van der Waals surface area contributed by atoms with E-state index >= 15 is 0 Å². The minimum Gasteiger partial charge on any atom is -0.479 e. The lowest BCUT2D eigenvalue weighted by molar-refractivity contribution is -0.209. The Morgan fingerprint density at radius 3 is 2.34 bits per heavy atom. The van der Waals surface area contributed by atoms with Gasteiger partial charge in [0.25, 0.3) is 5.34 Å². The molecule has 0 bridgehead atoms. The number of aromatic nitrogens is 4. The summed E-state index contributed by atoms with van der Waals surface area (Å²) in [5, 5.41) is 12.7. The van der Waals surface area contributed by atoms with E-state index in [0.29, 0.717) is 5.39 Å². The molecule has 2 aliphatic heterocycles. The van der Waals surface area contributed by atoms with Crippen LogP contribution in [0.3, 0.4) is 0 Å². The number of carboxylic acids is 1. The van der Waals surface area contributed by atoms with Gasteiger partial charge in [0.1, 0.15) is 23.9 Å². The van der Waals surface area contributed by atoms with Crippen LogP contribution in [0.4, 0.5) is 10.6 Å². The topological polar surface area (TPSA) is 192 Å². The Labute approximate surface area is 295 Å². The van der Waals surface area contributed by atoms with Crippen molar-refractivity contribution in [1.29, 1.82) is 0 Å². The number of carbonyl (C=O) groups excluding carboxylic acids is 1. The van der Waals surface area contributed by atoms with Crippen LogP contribution in [0.15, 0.2) is 6.20 Å². The van der Waals surface area contributed by atoms with Gasteiger partial charge in [0.05, 0.1) is 38.0 Å². The summed E-state index contributed by atoms with van der Waals surface area (Å²) in [5.41, 5.74) is -0.507. The molecule has 0 radical (unpaired) electrons. The number of fused-ring (bicyclic) bond motifs is 2. The molecular formula is C31H47ClN5O12P. The molecule has 1 amide bonds. The van der Waals surface area contributed by atoms with E-state index in [1.54, 1.807) is 48.5 Å². The molecule has 3 aliphatic rings. The lowest BCUT2D eigenvalue weighted by Gasteiger charge is -2.35. The number of carbonyl (C=O) groups is 2. The molecular weight excluding hydrogens is 701 g/mol. The zero-order chi connectivity index (χ0) is 36.6. The van der Waals surface area contributed by atoms with Gasteiger partial charge in [-0.1, -0.05) is 12.8 Å². The summed E-state index contributed by atoms with van der Waals surface area (Å²) < 4.78 is 62.1. The number of hydrogen-bond donors (Lipinski definition) is 1. The smallest absolute Gasteiger partial charge is 0.416 e. The maximum Gasteiger partial charge on any atom is 0.416 e. The Morgan fingerprint density at radius 1 is 1.12 bits per heavy atom.